The number of rotatable bonds is 2. The third-order valence-electron chi connectivity index (χ3n) is 1.91. The molecule has 0 aromatic heterocycles. The van der Waals surface area contributed by atoms with E-state index in [1.165, 1.54) is 7.22 Å². The van der Waals surface area contributed by atoms with Crippen molar-refractivity contribution in [1.29, 1.82) is 0 Å². The van der Waals surface area contributed by atoms with E-state index in [4.69, 9.17) is 10.2 Å². The first-order chi connectivity index (χ1) is 7.24. The molecule has 0 aliphatic rings. The van der Waals surface area contributed by atoms with Crippen molar-refractivity contribution >= 4 is 40.6 Å². The molecule has 2 aromatic rings. The Labute approximate surface area is 110 Å². The van der Waals surface area contributed by atoms with Gasteiger partial charge < -0.3 is 0 Å². The van der Waals surface area contributed by atoms with E-state index in [-0.39, 0.29) is 12.4 Å². The Morgan fingerprint density at radius 1 is 0.625 bits per heavy atom. The summed E-state index contributed by atoms with van der Waals surface area (Å²) in [6.45, 7) is 0. The Hall–Kier alpha value is -0.880. The number of phenolic OH excluding ortho intramolecular Hbond substituents is 2. The van der Waals surface area contributed by atoms with Crippen molar-refractivity contribution in [3.05, 3.63) is 48.5 Å². The van der Waals surface area contributed by atoms with Crippen molar-refractivity contribution < 1.29 is 10.2 Å². The molecular weight excluding hydrogens is 339 g/mol. The topological polar surface area (TPSA) is 40.5 Å². The van der Waals surface area contributed by atoms with E-state index in [2.05, 4.69) is 0 Å². The van der Waals surface area contributed by atoms with Gasteiger partial charge >= 0.3 is 98.4 Å². The Morgan fingerprint density at radius 2 is 0.938 bits per heavy atom. The van der Waals surface area contributed by atoms with Crippen LogP contribution in [0, 0.1) is 0 Å². The summed E-state index contributed by atoms with van der Waals surface area (Å²) in [6.07, 6.45) is 0. The summed E-state index contributed by atoms with van der Waals surface area (Å²) in [7, 11) is 0. The van der Waals surface area contributed by atoms with Gasteiger partial charge in [-0.1, -0.05) is 0 Å². The van der Waals surface area contributed by atoms with E-state index >= 15 is 0 Å². The Kier molecular flexibility index (Phi) is 4.95. The van der Waals surface area contributed by atoms with Crippen LogP contribution in [-0.2, 0) is 0 Å². The molecule has 84 valence electrons. The monoisotopic (exact) mass is 352 g/mol. The Balaban J connectivity index is 0.00000128. The van der Waals surface area contributed by atoms with Crippen LogP contribution in [0.5, 0.6) is 11.5 Å². The van der Waals surface area contributed by atoms with E-state index in [1.54, 1.807) is 24.3 Å². The van der Waals surface area contributed by atoms with Gasteiger partial charge in [-0.05, 0) is 0 Å². The van der Waals surface area contributed by atoms with E-state index in [9.17, 15) is 0 Å². The molecule has 0 amide bonds. The summed E-state index contributed by atoms with van der Waals surface area (Å²) in [5.41, 5.74) is 0. The molecule has 2 rings (SSSR count). The SMILES string of the molecule is Cl.Oc1ccc([Te]c2ccc(O)cc2)cc1. The van der Waals surface area contributed by atoms with Crippen molar-refractivity contribution in [2.45, 2.75) is 0 Å². The maximum absolute atomic E-state index is 9.14. The van der Waals surface area contributed by atoms with Crippen LogP contribution in [0.25, 0.3) is 0 Å². The zero-order chi connectivity index (χ0) is 10.7. The van der Waals surface area contributed by atoms with E-state index < -0.39 is 20.9 Å². The third-order valence-corrected chi connectivity index (χ3v) is 4.81. The molecule has 0 aliphatic carbocycles. The normalized spacial score (nSPS) is 9.50. The Morgan fingerprint density at radius 3 is 1.25 bits per heavy atom. The van der Waals surface area contributed by atoms with Crippen LogP contribution in [0.2, 0.25) is 0 Å². The minimum atomic E-state index is -0.405. The van der Waals surface area contributed by atoms with Crippen LogP contribution >= 0.6 is 12.4 Å². The average molecular weight is 350 g/mol. The molecule has 0 bridgehead atoms. The fourth-order valence-corrected chi connectivity index (χ4v) is 3.49. The molecule has 0 atom stereocenters. The number of phenols is 2. The van der Waals surface area contributed by atoms with Gasteiger partial charge in [-0.2, -0.15) is 0 Å². The number of hydrogen-bond donors (Lipinski definition) is 2. The molecule has 2 nitrogen and oxygen atoms in total. The first-order valence-corrected chi connectivity index (χ1v) is 6.83. The van der Waals surface area contributed by atoms with Crippen LogP contribution in [0.15, 0.2) is 48.5 Å². The number of aromatic hydroxyl groups is 2. The first kappa shape index (κ1) is 13.2. The van der Waals surface area contributed by atoms with Gasteiger partial charge in [0, 0.05) is 0 Å². The molecule has 2 N–H and O–H groups in total. The summed E-state index contributed by atoms with van der Waals surface area (Å²) in [6, 6.07) is 14.6. The zero-order valence-electron chi connectivity index (χ0n) is 8.33. The van der Waals surface area contributed by atoms with E-state index in [0.717, 1.165) is 0 Å². The molecule has 0 spiro atoms. The standard InChI is InChI=1S/C12H10O2Te.ClH/c13-9-1-5-11(6-2-9)15-12-7-3-10(14)4-8-12;/h1-8,13-14H;1H. The minimum absolute atomic E-state index is 0. The molecule has 2 aromatic carbocycles. The van der Waals surface area contributed by atoms with Crippen molar-refractivity contribution in [3.8, 4) is 11.5 Å². The fourth-order valence-electron chi connectivity index (χ4n) is 1.16. The number of hydrogen-bond acceptors (Lipinski definition) is 2. The summed E-state index contributed by atoms with van der Waals surface area (Å²) < 4.78 is 2.53. The third kappa shape index (κ3) is 3.61. The predicted octanol–water partition coefficient (Wildman–Crippen LogP) is 1.17. The molecule has 0 unspecified atom stereocenters. The van der Waals surface area contributed by atoms with E-state index in [0.29, 0.717) is 11.5 Å². The van der Waals surface area contributed by atoms with Crippen LogP contribution in [0.3, 0.4) is 0 Å². The van der Waals surface area contributed by atoms with Crippen molar-refractivity contribution in [1.82, 2.24) is 0 Å². The number of benzene rings is 2. The van der Waals surface area contributed by atoms with Crippen molar-refractivity contribution in [3.63, 3.8) is 0 Å². The van der Waals surface area contributed by atoms with Gasteiger partial charge in [0.2, 0.25) is 0 Å². The van der Waals surface area contributed by atoms with Crippen molar-refractivity contribution in [2.24, 2.45) is 0 Å². The first-order valence-electron chi connectivity index (χ1n) is 4.50. The van der Waals surface area contributed by atoms with Gasteiger partial charge in [0.25, 0.3) is 0 Å². The maximum atomic E-state index is 9.14. The molecule has 0 aliphatic heterocycles. The molecule has 0 radical (unpaired) electrons. The van der Waals surface area contributed by atoms with Gasteiger partial charge in [-0.15, -0.1) is 12.4 Å². The van der Waals surface area contributed by atoms with Gasteiger partial charge in [-0.3, -0.25) is 0 Å². The van der Waals surface area contributed by atoms with Crippen LogP contribution in [0.4, 0.5) is 0 Å². The van der Waals surface area contributed by atoms with Gasteiger partial charge in [0.15, 0.2) is 0 Å². The molecule has 0 saturated heterocycles. The molecule has 0 fully saturated rings. The number of halogens is 1. The average Bonchev–Trinajstić information content (AvgIpc) is 2.25. The molecule has 0 heterocycles. The van der Waals surface area contributed by atoms with Gasteiger partial charge in [-0.25, -0.2) is 0 Å². The van der Waals surface area contributed by atoms with Gasteiger partial charge in [0.05, 0.1) is 0 Å². The van der Waals surface area contributed by atoms with Crippen LogP contribution in [-0.4, -0.2) is 31.1 Å². The predicted molar refractivity (Wildman–Crippen MR) is 68.5 cm³/mol. The quantitative estimate of drug-likeness (QED) is 0.799. The van der Waals surface area contributed by atoms with Crippen LogP contribution in [0.1, 0.15) is 0 Å². The second-order valence-electron chi connectivity index (χ2n) is 3.09. The molecule has 16 heavy (non-hydrogen) atoms. The summed E-state index contributed by atoms with van der Waals surface area (Å²) in [5, 5.41) is 18.3. The molecule has 0 saturated carbocycles. The van der Waals surface area contributed by atoms with Crippen molar-refractivity contribution in [2.75, 3.05) is 0 Å². The fraction of sp³-hybridized carbons (Fsp3) is 0. The van der Waals surface area contributed by atoms with Gasteiger partial charge in [0.1, 0.15) is 0 Å². The second-order valence-corrected chi connectivity index (χ2v) is 6.36. The summed E-state index contributed by atoms with van der Waals surface area (Å²) in [4.78, 5) is 0. The summed E-state index contributed by atoms with van der Waals surface area (Å²) >= 11 is -0.405. The Bertz CT molecular complexity index is 396. The molecular formula is C12H11ClO2Te. The second kappa shape index (κ2) is 6.00. The van der Waals surface area contributed by atoms with Crippen LogP contribution < -0.4 is 7.22 Å². The summed E-state index contributed by atoms with van der Waals surface area (Å²) in [5.74, 6) is 0.605. The zero-order valence-corrected chi connectivity index (χ0v) is 11.5. The van der Waals surface area contributed by atoms with E-state index in [1.807, 2.05) is 24.3 Å². The molecule has 4 heteroatoms.